The molecule has 0 aliphatic carbocycles. The Morgan fingerprint density at radius 3 is 2.69 bits per heavy atom. The number of hydrogen-bond acceptors (Lipinski definition) is 3. The number of nitrogens with zero attached hydrogens (tertiary/aromatic N) is 1. The lowest BCUT2D eigenvalue weighted by molar-refractivity contribution is -0.108. The molecule has 0 fully saturated rings. The van der Waals surface area contributed by atoms with Crippen molar-refractivity contribution >= 4 is 6.29 Å². The molecule has 0 amide bonds. The van der Waals surface area contributed by atoms with Crippen molar-refractivity contribution in [3.8, 4) is 11.5 Å². The van der Waals surface area contributed by atoms with Crippen molar-refractivity contribution in [3.63, 3.8) is 0 Å². The van der Waals surface area contributed by atoms with Crippen LogP contribution < -0.4 is 0 Å². The van der Waals surface area contributed by atoms with Crippen LogP contribution in [0.25, 0.3) is 11.5 Å². The minimum atomic E-state index is 0.260. The van der Waals surface area contributed by atoms with Gasteiger partial charge in [-0.3, -0.25) is 0 Å². The summed E-state index contributed by atoms with van der Waals surface area (Å²) in [6, 6.07) is 7.94. The summed E-state index contributed by atoms with van der Waals surface area (Å²) in [4.78, 5) is 14.5. The maximum absolute atomic E-state index is 10.4. The van der Waals surface area contributed by atoms with E-state index in [0.717, 1.165) is 17.4 Å². The van der Waals surface area contributed by atoms with Crippen LogP contribution in [0.3, 0.4) is 0 Å². The topological polar surface area (TPSA) is 43.1 Å². The Morgan fingerprint density at radius 2 is 2.12 bits per heavy atom. The van der Waals surface area contributed by atoms with E-state index in [9.17, 15) is 4.79 Å². The van der Waals surface area contributed by atoms with Gasteiger partial charge in [0.05, 0.1) is 6.20 Å². The van der Waals surface area contributed by atoms with Gasteiger partial charge in [0.2, 0.25) is 5.89 Å². The van der Waals surface area contributed by atoms with Crippen LogP contribution in [0.1, 0.15) is 24.8 Å². The second kappa shape index (κ2) is 4.75. The summed E-state index contributed by atoms with van der Waals surface area (Å²) in [7, 11) is 0. The van der Waals surface area contributed by atoms with Gasteiger partial charge in [-0.2, -0.15) is 0 Å². The number of benzene rings is 1. The van der Waals surface area contributed by atoms with E-state index in [1.807, 2.05) is 31.2 Å². The van der Waals surface area contributed by atoms with Crippen molar-refractivity contribution in [2.75, 3.05) is 0 Å². The molecule has 3 nitrogen and oxygen atoms in total. The molecule has 2 rings (SSSR count). The molecule has 1 unspecified atom stereocenters. The van der Waals surface area contributed by atoms with E-state index in [2.05, 4.69) is 4.98 Å². The minimum Gasteiger partial charge on any atom is -0.445 e. The first-order valence-corrected chi connectivity index (χ1v) is 5.24. The highest BCUT2D eigenvalue weighted by Crippen LogP contribution is 2.22. The average molecular weight is 215 g/mol. The third-order valence-corrected chi connectivity index (χ3v) is 2.61. The largest absolute Gasteiger partial charge is 0.445 e. The zero-order valence-electron chi connectivity index (χ0n) is 9.09. The van der Waals surface area contributed by atoms with Crippen LogP contribution in [0, 0.1) is 0 Å². The van der Waals surface area contributed by atoms with Crippen LogP contribution >= 0.6 is 0 Å². The van der Waals surface area contributed by atoms with E-state index in [1.165, 1.54) is 0 Å². The molecule has 1 aromatic heterocycles. The third kappa shape index (κ3) is 2.19. The number of aromatic nitrogens is 1. The first-order valence-electron chi connectivity index (χ1n) is 5.24. The molecular weight excluding hydrogens is 202 g/mol. The summed E-state index contributed by atoms with van der Waals surface area (Å²) in [5.74, 6) is 0.880. The van der Waals surface area contributed by atoms with Crippen LogP contribution in [-0.2, 0) is 4.79 Å². The van der Waals surface area contributed by atoms with Crippen LogP contribution in [-0.4, -0.2) is 11.3 Å². The van der Waals surface area contributed by atoms with Gasteiger partial charge in [-0.15, -0.1) is 0 Å². The van der Waals surface area contributed by atoms with Gasteiger partial charge in [-0.05, 0) is 23.6 Å². The molecule has 0 N–H and O–H groups in total. The lowest BCUT2D eigenvalue weighted by Gasteiger charge is -2.07. The van der Waals surface area contributed by atoms with E-state index < -0.39 is 0 Å². The Bertz CT molecular complexity index is 445. The van der Waals surface area contributed by atoms with Crippen LogP contribution in [0.2, 0.25) is 0 Å². The molecule has 82 valence electrons. The molecule has 1 aromatic carbocycles. The van der Waals surface area contributed by atoms with Gasteiger partial charge in [-0.1, -0.05) is 19.1 Å². The van der Waals surface area contributed by atoms with E-state index in [0.29, 0.717) is 12.3 Å². The number of oxazole rings is 1. The molecule has 3 heteroatoms. The van der Waals surface area contributed by atoms with Gasteiger partial charge in [0.25, 0.3) is 0 Å². The predicted octanol–water partition coefficient (Wildman–Crippen LogP) is 3.03. The summed E-state index contributed by atoms with van der Waals surface area (Å²) in [6.07, 6.45) is 4.68. The maximum atomic E-state index is 10.4. The van der Waals surface area contributed by atoms with Crippen molar-refractivity contribution in [2.24, 2.45) is 0 Å². The van der Waals surface area contributed by atoms with Gasteiger partial charge < -0.3 is 9.21 Å². The summed E-state index contributed by atoms with van der Waals surface area (Å²) in [5.41, 5.74) is 2.11. The Morgan fingerprint density at radius 1 is 1.38 bits per heavy atom. The third-order valence-electron chi connectivity index (χ3n) is 2.61. The van der Waals surface area contributed by atoms with E-state index >= 15 is 0 Å². The van der Waals surface area contributed by atoms with Crippen LogP contribution in [0.5, 0.6) is 0 Å². The maximum Gasteiger partial charge on any atom is 0.225 e. The summed E-state index contributed by atoms with van der Waals surface area (Å²) in [6.45, 7) is 2.04. The monoisotopic (exact) mass is 215 g/mol. The normalized spacial score (nSPS) is 12.3. The molecule has 0 spiro atoms. The predicted molar refractivity (Wildman–Crippen MR) is 61.0 cm³/mol. The molecule has 1 heterocycles. The molecule has 0 saturated carbocycles. The molecular formula is C13H13NO2. The highest BCUT2D eigenvalue weighted by molar-refractivity contribution is 5.55. The zero-order valence-corrected chi connectivity index (χ0v) is 9.09. The summed E-state index contributed by atoms with van der Waals surface area (Å²) in [5, 5.41) is 0. The number of carbonyl (C=O) groups excluding carboxylic acids is 1. The smallest absolute Gasteiger partial charge is 0.225 e. The highest BCUT2D eigenvalue weighted by atomic mass is 16.3. The molecule has 0 radical (unpaired) electrons. The van der Waals surface area contributed by atoms with Gasteiger partial charge in [0, 0.05) is 12.0 Å². The lowest BCUT2D eigenvalue weighted by Crippen LogP contribution is -1.93. The molecule has 0 saturated heterocycles. The number of carbonyl (C=O) groups is 1. The molecule has 1 atom stereocenters. The Labute approximate surface area is 94.1 Å². The first kappa shape index (κ1) is 10.6. The number of rotatable bonds is 4. The standard InChI is InChI=1S/C13H13NO2/c1-10(6-8-15)11-2-4-12(5-3-11)13-14-7-9-16-13/h2-5,7-10H,6H2,1H3. The van der Waals surface area contributed by atoms with Crippen LogP contribution in [0.4, 0.5) is 0 Å². The quantitative estimate of drug-likeness (QED) is 0.736. The molecule has 2 aromatic rings. The fourth-order valence-corrected chi connectivity index (χ4v) is 1.60. The van der Waals surface area contributed by atoms with E-state index in [-0.39, 0.29) is 5.92 Å². The lowest BCUT2D eigenvalue weighted by atomic mass is 9.97. The summed E-state index contributed by atoms with van der Waals surface area (Å²) < 4.78 is 5.20. The van der Waals surface area contributed by atoms with E-state index in [4.69, 9.17) is 4.42 Å². The van der Waals surface area contributed by atoms with Gasteiger partial charge in [0.1, 0.15) is 12.5 Å². The molecule has 0 aliphatic heterocycles. The fourth-order valence-electron chi connectivity index (χ4n) is 1.60. The van der Waals surface area contributed by atoms with Gasteiger partial charge >= 0.3 is 0 Å². The van der Waals surface area contributed by atoms with Crippen LogP contribution in [0.15, 0.2) is 41.1 Å². The highest BCUT2D eigenvalue weighted by Gasteiger charge is 2.06. The molecule has 16 heavy (non-hydrogen) atoms. The number of aldehydes is 1. The SMILES string of the molecule is CC(CC=O)c1ccc(-c2ncco2)cc1. The van der Waals surface area contributed by atoms with E-state index in [1.54, 1.807) is 12.5 Å². The molecule has 0 bridgehead atoms. The summed E-state index contributed by atoms with van der Waals surface area (Å²) >= 11 is 0. The van der Waals surface area contributed by atoms with Gasteiger partial charge in [-0.25, -0.2) is 4.98 Å². The Kier molecular flexibility index (Phi) is 3.15. The fraction of sp³-hybridized carbons (Fsp3) is 0.231. The second-order valence-corrected chi connectivity index (χ2v) is 3.76. The average Bonchev–Trinajstić information content (AvgIpc) is 2.83. The molecule has 0 aliphatic rings. The van der Waals surface area contributed by atoms with Crippen molar-refractivity contribution in [2.45, 2.75) is 19.3 Å². The zero-order chi connectivity index (χ0) is 11.4. The first-order chi connectivity index (χ1) is 7.81. The van der Waals surface area contributed by atoms with Gasteiger partial charge in [0.15, 0.2) is 0 Å². The Hall–Kier alpha value is -1.90. The Balaban J connectivity index is 2.19. The van der Waals surface area contributed by atoms with Crippen molar-refractivity contribution in [1.82, 2.24) is 4.98 Å². The second-order valence-electron chi connectivity index (χ2n) is 3.76. The van der Waals surface area contributed by atoms with Crippen molar-refractivity contribution < 1.29 is 9.21 Å². The minimum absolute atomic E-state index is 0.260. The van der Waals surface area contributed by atoms with Crippen molar-refractivity contribution in [1.29, 1.82) is 0 Å². The number of hydrogen-bond donors (Lipinski definition) is 0. The van der Waals surface area contributed by atoms with Crippen molar-refractivity contribution in [3.05, 3.63) is 42.3 Å².